The van der Waals surface area contributed by atoms with Crippen molar-refractivity contribution < 1.29 is 24.2 Å². The van der Waals surface area contributed by atoms with Gasteiger partial charge in [-0.15, -0.1) is 0 Å². The first-order valence-corrected chi connectivity index (χ1v) is 9.16. The van der Waals surface area contributed by atoms with Crippen LogP contribution in [0.5, 0.6) is 5.75 Å². The van der Waals surface area contributed by atoms with Crippen molar-refractivity contribution in [2.45, 2.75) is 51.7 Å². The van der Waals surface area contributed by atoms with E-state index >= 15 is 0 Å². The van der Waals surface area contributed by atoms with Crippen LogP contribution in [-0.4, -0.2) is 35.0 Å². The first-order valence-electron chi connectivity index (χ1n) is 9.16. The number of hydrogen-bond acceptors (Lipinski definition) is 5. The van der Waals surface area contributed by atoms with Crippen molar-refractivity contribution >= 4 is 17.8 Å². The van der Waals surface area contributed by atoms with Crippen LogP contribution in [0.1, 0.15) is 49.0 Å². The normalized spacial score (nSPS) is 21.6. The van der Waals surface area contributed by atoms with Crippen molar-refractivity contribution in [3.05, 3.63) is 41.1 Å². The molecule has 144 valence electrons. The summed E-state index contributed by atoms with van der Waals surface area (Å²) in [7, 11) is 0. The van der Waals surface area contributed by atoms with Gasteiger partial charge in [-0.2, -0.15) is 0 Å². The van der Waals surface area contributed by atoms with E-state index in [9.17, 15) is 19.5 Å². The number of cyclic esters (lactones) is 1. The van der Waals surface area contributed by atoms with E-state index in [0.717, 1.165) is 0 Å². The molecule has 0 aliphatic carbocycles. The van der Waals surface area contributed by atoms with Gasteiger partial charge < -0.3 is 20.5 Å². The van der Waals surface area contributed by atoms with Crippen LogP contribution in [0.15, 0.2) is 30.0 Å². The molecule has 3 rings (SSSR count). The molecule has 2 aliphatic heterocycles. The number of amides is 2. The number of rotatable bonds is 5. The zero-order chi connectivity index (χ0) is 19.6. The van der Waals surface area contributed by atoms with Crippen LogP contribution in [0.25, 0.3) is 0 Å². The molecule has 1 saturated heterocycles. The van der Waals surface area contributed by atoms with Crippen molar-refractivity contribution in [3.8, 4) is 5.75 Å². The van der Waals surface area contributed by atoms with Gasteiger partial charge >= 0.3 is 5.97 Å². The maximum atomic E-state index is 12.4. The summed E-state index contributed by atoms with van der Waals surface area (Å²) in [6.45, 7) is 4.05. The van der Waals surface area contributed by atoms with E-state index in [2.05, 4.69) is 10.6 Å². The maximum absolute atomic E-state index is 12.4. The molecule has 27 heavy (non-hydrogen) atoms. The van der Waals surface area contributed by atoms with Gasteiger partial charge in [0.05, 0.1) is 6.04 Å². The fraction of sp³-hybridized carbons (Fsp3) is 0.450. The van der Waals surface area contributed by atoms with E-state index in [-0.39, 0.29) is 35.1 Å². The van der Waals surface area contributed by atoms with Crippen LogP contribution in [-0.2, 0) is 20.7 Å². The smallest absolute Gasteiger partial charge is 0.342 e. The molecular weight excluding hydrogens is 348 g/mol. The van der Waals surface area contributed by atoms with Crippen LogP contribution in [0.2, 0.25) is 0 Å². The number of nitrogens with one attached hydrogen (secondary N) is 2. The number of aromatic hydroxyl groups is 1. The summed E-state index contributed by atoms with van der Waals surface area (Å²) < 4.78 is 5.54. The SMILES string of the molecule is CC(C)C[C@H](NC(=O)/C=C1\CCC(=O)N1)[C@@H]1Cc2cccc(O)c2C(=O)O1. The lowest BCUT2D eigenvalue weighted by molar-refractivity contribution is -0.119. The van der Waals surface area contributed by atoms with Gasteiger partial charge in [-0.3, -0.25) is 9.59 Å². The van der Waals surface area contributed by atoms with Gasteiger partial charge in [-0.25, -0.2) is 4.79 Å². The second-order valence-electron chi connectivity index (χ2n) is 7.42. The van der Waals surface area contributed by atoms with Crippen molar-refractivity contribution in [3.63, 3.8) is 0 Å². The number of fused-ring (bicyclic) bond motifs is 1. The summed E-state index contributed by atoms with van der Waals surface area (Å²) >= 11 is 0. The molecule has 7 heteroatoms. The minimum Gasteiger partial charge on any atom is -0.507 e. The Balaban J connectivity index is 1.76. The third kappa shape index (κ3) is 4.48. The summed E-state index contributed by atoms with van der Waals surface area (Å²) in [5.74, 6) is -0.815. The molecule has 7 nitrogen and oxygen atoms in total. The molecule has 1 aromatic rings. The largest absolute Gasteiger partial charge is 0.507 e. The molecule has 0 spiro atoms. The lowest BCUT2D eigenvalue weighted by atomic mass is 9.90. The third-order valence-corrected chi connectivity index (χ3v) is 4.74. The number of phenolic OH excluding ortho intramolecular Hbond substituents is 1. The van der Waals surface area contributed by atoms with Gasteiger partial charge in [0, 0.05) is 24.6 Å². The summed E-state index contributed by atoms with van der Waals surface area (Å²) in [6.07, 6.45) is 2.83. The average Bonchev–Trinajstić information content (AvgIpc) is 2.98. The Morgan fingerprint density at radius 3 is 2.81 bits per heavy atom. The molecule has 1 aromatic carbocycles. The summed E-state index contributed by atoms with van der Waals surface area (Å²) in [5, 5.41) is 15.5. The zero-order valence-corrected chi connectivity index (χ0v) is 15.5. The Kier molecular flexibility index (Phi) is 5.48. The van der Waals surface area contributed by atoms with Gasteiger partial charge in [-0.1, -0.05) is 26.0 Å². The van der Waals surface area contributed by atoms with Crippen LogP contribution in [0.4, 0.5) is 0 Å². The van der Waals surface area contributed by atoms with Crippen LogP contribution < -0.4 is 10.6 Å². The fourth-order valence-electron chi connectivity index (χ4n) is 3.53. The maximum Gasteiger partial charge on any atom is 0.342 e. The van der Waals surface area contributed by atoms with Crippen LogP contribution >= 0.6 is 0 Å². The van der Waals surface area contributed by atoms with Crippen LogP contribution in [0.3, 0.4) is 0 Å². The van der Waals surface area contributed by atoms with Crippen molar-refractivity contribution in [1.82, 2.24) is 10.6 Å². The van der Waals surface area contributed by atoms with E-state index < -0.39 is 12.1 Å². The van der Waals surface area contributed by atoms with E-state index in [1.807, 2.05) is 13.8 Å². The average molecular weight is 372 g/mol. The Labute approximate surface area is 157 Å². The number of esters is 1. The molecule has 0 aromatic heterocycles. The molecule has 3 N–H and O–H groups in total. The first kappa shape index (κ1) is 18.9. The fourth-order valence-corrected chi connectivity index (χ4v) is 3.53. The standard InChI is InChI=1S/C20H24N2O5/c1-11(2)8-14(22-18(25)10-13-6-7-17(24)21-13)16-9-12-4-3-5-15(23)19(12)20(26)27-16/h3-5,10-11,14,16,23H,6-9H2,1-2H3,(H,21,24)(H,22,25)/b13-10+/t14-,16-/m0/s1. The van der Waals surface area contributed by atoms with Gasteiger partial charge in [0.15, 0.2) is 0 Å². The van der Waals surface area contributed by atoms with Gasteiger partial charge in [0.2, 0.25) is 11.8 Å². The Morgan fingerprint density at radius 1 is 1.37 bits per heavy atom. The van der Waals surface area contributed by atoms with Crippen molar-refractivity contribution in [1.29, 1.82) is 0 Å². The molecule has 0 radical (unpaired) electrons. The second kappa shape index (κ2) is 7.82. The van der Waals surface area contributed by atoms with E-state index in [1.54, 1.807) is 12.1 Å². The highest BCUT2D eigenvalue weighted by Crippen LogP contribution is 2.30. The number of allylic oxidation sites excluding steroid dienone is 1. The highest BCUT2D eigenvalue weighted by atomic mass is 16.5. The van der Waals surface area contributed by atoms with E-state index in [1.165, 1.54) is 12.1 Å². The Bertz CT molecular complexity index is 800. The zero-order valence-electron chi connectivity index (χ0n) is 15.5. The van der Waals surface area contributed by atoms with Gasteiger partial charge in [0.1, 0.15) is 17.4 Å². The molecule has 0 saturated carbocycles. The molecule has 0 unspecified atom stereocenters. The number of benzene rings is 1. The lowest BCUT2D eigenvalue weighted by Crippen LogP contribution is -2.48. The summed E-state index contributed by atoms with van der Waals surface area (Å²) in [6, 6.07) is 4.56. The van der Waals surface area contributed by atoms with Gasteiger partial charge in [-0.05, 0) is 30.4 Å². The van der Waals surface area contributed by atoms with Crippen LogP contribution in [0, 0.1) is 5.92 Å². The Hall–Kier alpha value is -2.83. The van der Waals surface area contributed by atoms with Crippen molar-refractivity contribution in [2.75, 3.05) is 0 Å². The third-order valence-electron chi connectivity index (χ3n) is 4.74. The molecular formula is C20H24N2O5. The summed E-state index contributed by atoms with van der Waals surface area (Å²) in [4.78, 5) is 36.0. The first-order chi connectivity index (χ1) is 12.8. The minimum absolute atomic E-state index is 0.0922. The lowest BCUT2D eigenvalue weighted by Gasteiger charge is -2.32. The number of hydrogen-bond donors (Lipinski definition) is 3. The highest BCUT2D eigenvalue weighted by molar-refractivity contribution is 5.95. The van der Waals surface area contributed by atoms with Gasteiger partial charge in [0.25, 0.3) is 0 Å². The molecule has 0 bridgehead atoms. The number of phenols is 1. The molecule has 2 amide bonds. The number of carbonyl (C=O) groups is 3. The van der Waals surface area contributed by atoms with E-state index in [4.69, 9.17) is 4.74 Å². The predicted octanol–water partition coefficient (Wildman–Crippen LogP) is 1.80. The molecule has 2 aliphatic rings. The predicted molar refractivity (Wildman–Crippen MR) is 97.9 cm³/mol. The Morgan fingerprint density at radius 2 is 2.15 bits per heavy atom. The highest BCUT2D eigenvalue weighted by Gasteiger charge is 2.34. The molecule has 1 fully saturated rings. The molecule has 2 atom stereocenters. The topological polar surface area (TPSA) is 105 Å². The second-order valence-corrected chi connectivity index (χ2v) is 7.42. The minimum atomic E-state index is -0.580. The molecule has 2 heterocycles. The van der Waals surface area contributed by atoms with E-state index in [0.29, 0.717) is 36.9 Å². The summed E-state index contributed by atoms with van der Waals surface area (Å²) in [5.41, 5.74) is 1.50. The quantitative estimate of drug-likeness (QED) is 0.540. The van der Waals surface area contributed by atoms with Crippen molar-refractivity contribution in [2.24, 2.45) is 5.92 Å². The monoisotopic (exact) mass is 372 g/mol. The number of carbonyl (C=O) groups excluding carboxylic acids is 3. The number of ether oxygens (including phenoxy) is 1.